The van der Waals surface area contributed by atoms with E-state index in [1.54, 1.807) is 0 Å². The topological polar surface area (TPSA) is 29.3 Å². The molecule has 0 saturated carbocycles. The average Bonchev–Trinajstić information content (AvgIpc) is 2.85. The summed E-state index contributed by atoms with van der Waals surface area (Å²) < 4.78 is 0. The van der Waals surface area contributed by atoms with E-state index in [9.17, 15) is 0 Å². The number of rotatable bonds is 4. The summed E-state index contributed by atoms with van der Waals surface area (Å²) in [6.45, 7) is 15.8. The third-order valence-corrected chi connectivity index (χ3v) is 4.85. The van der Waals surface area contributed by atoms with E-state index < -0.39 is 0 Å². The van der Waals surface area contributed by atoms with Crippen molar-refractivity contribution in [1.82, 2.24) is 4.90 Å². The number of hydrogen-bond donors (Lipinski definition) is 1. The standard InChI is InChI=1S/C19H32N2/c1-18(2,3)16-6-8-17(9-7-16)19(4,5)14-21-11-10-15(12-20)13-21/h6-9,15H,10-14,20H2,1-5H3/t15-/m1/s1. The van der Waals surface area contributed by atoms with Crippen LogP contribution in [0.5, 0.6) is 0 Å². The Morgan fingerprint density at radius 2 is 1.62 bits per heavy atom. The van der Waals surface area contributed by atoms with Crippen molar-refractivity contribution in [2.24, 2.45) is 11.7 Å². The van der Waals surface area contributed by atoms with Crippen LogP contribution in [-0.4, -0.2) is 31.1 Å². The van der Waals surface area contributed by atoms with Crippen LogP contribution in [0.1, 0.15) is 52.2 Å². The van der Waals surface area contributed by atoms with Crippen molar-refractivity contribution in [1.29, 1.82) is 0 Å². The predicted molar refractivity (Wildman–Crippen MR) is 91.8 cm³/mol. The van der Waals surface area contributed by atoms with Crippen LogP contribution in [0.3, 0.4) is 0 Å². The normalized spacial score (nSPS) is 21.0. The molecule has 1 aromatic carbocycles. The van der Waals surface area contributed by atoms with E-state index in [0.717, 1.165) is 13.1 Å². The molecule has 1 saturated heterocycles. The third-order valence-electron chi connectivity index (χ3n) is 4.85. The van der Waals surface area contributed by atoms with Crippen LogP contribution in [0, 0.1) is 5.92 Å². The van der Waals surface area contributed by atoms with Gasteiger partial charge < -0.3 is 10.6 Å². The lowest BCUT2D eigenvalue weighted by molar-refractivity contribution is 0.261. The molecule has 2 heteroatoms. The smallest absolute Gasteiger partial charge is 0.00734 e. The number of benzene rings is 1. The van der Waals surface area contributed by atoms with Gasteiger partial charge in [-0.1, -0.05) is 58.9 Å². The quantitative estimate of drug-likeness (QED) is 0.918. The van der Waals surface area contributed by atoms with Crippen LogP contribution in [0.15, 0.2) is 24.3 Å². The van der Waals surface area contributed by atoms with E-state index in [1.165, 1.54) is 30.6 Å². The molecule has 1 aromatic rings. The molecule has 2 nitrogen and oxygen atoms in total. The van der Waals surface area contributed by atoms with Gasteiger partial charge in [0.2, 0.25) is 0 Å². The van der Waals surface area contributed by atoms with Gasteiger partial charge >= 0.3 is 0 Å². The zero-order valence-electron chi connectivity index (χ0n) is 14.4. The van der Waals surface area contributed by atoms with Crippen molar-refractivity contribution in [2.75, 3.05) is 26.2 Å². The molecule has 1 heterocycles. The third kappa shape index (κ3) is 4.08. The fraction of sp³-hybridized carbons (Fsp3) is 0.684. The Labute approximate surface area is 130 Å². The van der Waals surface area contributed by atoms with Crippen LogP contribution >= 0.6 is 0 Å². The average molecular weight is 288 g/mol. The van der Waals surface area contributed by atoms with Gasteiger partial charge in [0.25, 0.3) is 0 Å². The first kappa shape index (κ1) is 16.5. The molecule has 1 aliphatic rings. The van der Waals surface area contributed by atoms with Crippen LogP contribution in [0.25, 0.3) is 0 Å². The highest BCUT2D eigenvalue weighted by Gasteiger charge is 2.29. The minimum atomic E-state index is 0.194. The van der Waals surface area contributed by atoms with Gasteiger partial charge in [-0.05, 0) is 42.0 Å². The molecule has 0 bridgehead atoms. The number of nitrogens with zero attached hydrogens (tertiary/aromatic N) is 1. The molecular weight excluding hydrogens is 256 g/mol. The van der Waals surface area contributed by atoms with Crippen molar-refractivity contribution >= 4 is 0 Å². The zero-order chi connectivity index (χ0) is 15.7. The summed E-state index contributed by atoms with van der Waals surface area (Å²) in [6.07, 6.45) is 1.26. The molecule has 0 aromatic heterocycles. The lowest BCUT2D eigenvalue weighted by Gasteiger charge is -2.31. The van der Waals surface area contributed by atoms with Crippen molar-refractivity contribution in [3.8, 4) is 0 Å². The van der Waals surface area contributed by atoms with E-state index >= 15 is 0 Å². The Balaban J connectivity index is 2.05. The molecule has 0 amide bonds. The van der Waals surface area contributed by atoms with E-state index in [4.69, 9.17) is 5.73 Å². The molecule has 2 N–H and O–H groups in total. The highest BCUT2D eigenvalue weighted by Crippen LogP contribution is 2.29. The summed E-state index contributed by atoms with van der Waals surface area (Å²) >= 11 is 0. The fourth-order valence-electron chi connectivity index (χ4n) is 3.32. The number of hydrogen-bond acceptors (Lipinski definition) is 2. The highest BCUT2D eigenvalue weighted by molar-refractivity contribution is 5.31. The fourth-order valence-corrected chi connectivity index (χ4v) is 3.32. The van der Waals surface area contributed by atoms with Gasteiger partial charge in [0.1, 0.15) is 0 Å². The van der Waals surface area contributed by atoms with Crippen molar-refractivity contribution in [2.45, 2.75) is 51.9 Å². The second-order valence-electron chi connectivity index (χ2n) is 8.34. The van der Waals surface area contributed by atoms with Crippen molar-refractivity contribution in [3.05, 3.63) is 35.4 Å². The largest absolute Gasteiger partial charge is 0.330 e. The molecule has 21 heavy (non-hydrogen) atoms. The predicted octanol–water partition coefficient (Wildman–Crippen LogP) is 3.54. The maximum Gasteiger partial charge on any atom is 0.00734 e. The first-order valence-corrected chi connectivity index (χ1v) is 8.26. The molecule has 0 radical (unpaired) electrons. The van der Waals surface area contributed by atoms with Gasteiger partial charge in [-0.3, -0.25) is 0 Å². The summed E-state index contributed by atoms with van der Waals surface area (Å²) in [6, 6.07) is 9.22. The Kier molecular flexibility index (Phi) is 4.79. The van der Waals surface area contributed by atoms with E-state index in [2.05, 4.69) is 63.8 Å². The lowest BCUT2D eigenvalue weighted by Crippen LogP contribution is -2.36. The minimum Gasteiger partial charge on any atom is -0.330 e. The SMILES string of the molecule is CC(C)(C)c1ccc(C(C)(C)CN2CC[C@H](CN)C2)cc1. The second-order valence-corrected chi connectivity index (χ2v) is 8.34. The summed E-state index contributed by atoms with van der Waals surface area (Å²) in [5.41, 5.74) is 9.07. The Morgan fingerprint density at radius 1 is 1.05 bits per heavy atom. The Morgan fingerprint density at radius 3 is 2.10 bits per heavy atom. The van der Waals surface area contributed by atoms with E-state index in [0.29, 0.717) is 5.92 Å². The van der Waals surface area contributed by atoms with E-state index in [1.807, 2.05) is 0 Å². The van der Waals surface area contributed by atoms with Crippen molar-refractivity contribution in [3.63, 3.8) is 0 Å². The Bertz CT molecular complexity index is 453. The van der Waals surface area contributed by atoms with Crippen molar-refractivity contribution < 1.29 is 0 Å². The molecule has 1 aliphatic heterocycles. The first-order valence-electron chi connectivity index (χ1n) is 8.26. The summed E-state index contributed by atoms with van der Waals surface area (Å²) in [4.78, 5) is 2.58. The van der Waals surface area contributed by atoms with Crippen LogP contribution < -0.4 is 5.73 Å². The molecule has 0 unspecified atom stereocenters. The van der Waals surface area contributed by atoms with Crippen LogP contribution in [-0.2, 0) is 10.8 Å². The summed E-state index contributed by atoms with van der Waals surface area (Å²) in [5, 5.41) is 0. The van der Waals surface area contributed by atoms with Gasteiger partial charge in [0, 0.05) is 18.5 Å². The van der Waals surface area contributed by atoms with E-state index in [-0.39, 0.29) is 10.8 Å². The molecule has 1 atom stereocenters. The minimum absolute atomic E-state index is 0.194. The van der Waals surface area contributed by atoms with Gasteiger partial charge in [0.05, 0.1) is 0 Å². The second kappa shape index (κ2) is 6.10. The number of likely N-dealkylation sites (tertiary alicyclic amines) is 1. The van der Waals surface area contributed by atoms with Crippen LogP contribution in [0.2, 0.25) is 0 Å². The maximum absolute atomic E-state index is 5.80. The maximum atomic E-state index is 5.80. The van der Waals surface area contributed by atoms with Crippen LogP contribution in [0.4, 0.5) is 0 Å². The molecule has 1 fully saturated rings. The van der Waals surface area contributed by atoms with Gasteiger partial charge in [-0.15, -0.1) is 0 Å². The zero-order valence-corrected chi connectivity index (χ0v) is 14.4. The van der Waals surface area contributed by atoms with Gasteiger partial charge in [0.15, 0.2) is 0 Å². The lowest BCUT2D eigenvalue weighted by atomic mass is 9.81. The molecular formula is C19H32N2. The van der Waals surface area contributed by atoms with Gasteiger partial charge in [-0.2, -0.15) is 0 Å². The first-order chi connectivity index (χ1) is 9.72. The summed E-state index contributed by atoms with van der Waals surface area (Å²) in [7, 11) is 0. The summed E-state index contributed by atoms with van der Waals surface area (Å²) in [5.74, 6) is 0.698. The molecule has 118 valence electrons. The molecule has 2 rings (SSSR count). The Hall–Kier alpha value is -0.860. The number of nitrogens with two attached hydrogens (primary N) is 1. The molecule has 0 aliphatic carbocycles. The van der Waals surface area contributed by atoms with Gasteiger partial charge in [-0.25, -0.2) is 0 Å². The monoisotopic (exact) mass is 288 g/mol. The molecule has 0 spiro atoms. The highest BCUT2D eigenvalue weighted by atomic mass is 15.2.